The molecule has 1 fully saturated rings. The summed E-state index contributed by atoms with van der Waals surface area (Å²) in [5.74, 6) is 11.1. The van der Waals surface area contributed by atoms with Gasteiger partial charge in [-0.3, -0.25) is 30.6 Å². The van der Waals surface area contributed by atoms with Crippen LogP contribution in [0.4, 0.5) is 0 Å². The van der Waals surface area contributed by atoms with Crippen LogP contribution in [0.1, 0.15) is 18.2 Å². The minimum absolute atomic E-state index is 0.201. The third kappa shape index (κ3) is 4.34. The summed E-state index contributed by atoms with van der Waals surface area (Å²) in [6.07, 6.45) is -0.0175. The van der Waals surface area contributed by atoms with Crippen molar-refractivity contribution in [2.75, 3.05) is 6.61 Å². The minimum Gasteiger partial charge on any atom is -0.350 e. The van der Waals surface area contributed by atoms with Crippen molar-refractivity contribution in [3.8, 4) is 0 Å². The van der Waals surface area contributed by atoms with Crippen LogP contribution in [0.15, 0.2) is 15.8 Å². The van der Waals surface area contributed by atoms with E-state index in [1.165, 1.54) is 17.7 Å². The third-order valence-electron chi connectivity index (χ3n) is 3.47. The van der Waals surface area contributed by atoms with Gasteiger partial charge in [-0.2, -0.15) is 5.12 Å². The number of hydrogen-bond donors (Lipinski definition) is 5. The first kappa shape index (κ1) is 18.0. The van der Waals surface area contributed by atoms with E-state index in [-0.39, 0.29) is 13.0 Å². The highest BCUT2D eigenvalue weighted by Crippen LogP contribution is 2.35. The largest absolute Gasteiger partial charge is 0.400 e. The highest BCUT2D eigenvalue weighted by atomic mass is 31.2. The SMILES string of the molecule is Cc1cn(C2CC(N(N)N)C(COP(N)(=O)O)O2)c(=O)[nH]c1=O. The number of nitrogens with zero attached hydrogens (tertiary/aromatic N) is 2. The van der Waals surface area contributed by atoms with Gasteiger partial charge in [-0.05, 0) is 6.92 Å². The Kier molecular flexibility index (Phi) is 5.18. The molecular weight excluding hydrogens is 331 g/mol. The Balaban J connectivity index is 2.23. The molecule has 2 heterocycles. The van der Waals surface area contributed by atoms with Gasteiger partial charge in [0, 0.05) is 18.2 Å². The van der Waals surface area contributed by atoms with E-state index in [1.54, 1.807) is 0 Å². The zero-order valence-corrected chi connectivity index (χ0v) is 13.2. The molecule has 0 spiro atoms. The predicted molar refractivity (Wildman–Crippen MR) is 78.6 cm³/mol. The molecule has 0 aromatic carbocycles. The Morgan fingerprint density at radius 2 is 2.22 bits per heavy atom. The highest BCUT2D eigenvalue weighted by Gasteiger charge is 2.40. The molecule has 4 unspecified atom stereocenters. The molecule has 1 aromatic rings. The smallest absolute Gasteiger partial charge is 0.350 e. The van der Waals surface area contributed by atoms with Crippen LogP contribution in [-0.2, 0) is 13.8 Å². The summed E-state index contributed by atoms with van der Waals surface area (Å²) in [7, 11) is -4.19. The van der Waals surface area contributed by atoms with Crippen molar-refractivity contribution in [2.45, 2.75) is 31.7 Å². The van der Waals surface area contributed by atoms with Gasteiger partial charge < -0.3 is 9.63 Å². The van der Waals surface area contributed by atoms with E-state index < -0.39 is 37.4 Å². The van der Waals surface area contributed by atoms with Crippen LogP contribution >= 0.6 is 7.75 Å². The predicted octanol–water partition coefficient (Wildman–Crippen LogP) is -2.37. The van der Waals surface area contributed by atoms with Crippen molar-refractivity contribution < 1.29 is 18.7 Å². The number of aryl methyl sites for hydroxylation is 1. The molecule has 1 aliphatic heterocycles. The Labute approximate surface area is 130 Å². The number of aromatic amines is 1. The number of rotatable bonds is 5. The molecule has 130 valence electrons. The molecule has 8 N–H and O–H groups in total. The number of ether oxygens (including phenoxy) is 1. The second-order valence-corrected chi connectivity index (χ2v) is 6.60. The molecule has 4 atom stereocenters. The number of hydrazine groups is 2. The van der Waals surface area contributed by atoms with Crippen LogP contribution < -0.4 is 28.4 Å². The summed E-state index contributed by atoms with van der Waals surface area (Å²) >= 11 is 0. The van der Waals surface area contributed by atoms with Gasteiger partial charge in [0.05, 0.1) is 12.6 Å². The van der Waals surface area contributed by atoms with Crippen LogP contribution in [0.2, 0.25) is 0 Å². The molecule has 0 radical (unpaired) electrons. The van der Waals surface area contributed by atoms with E-state index in [0.717, 1.165) is 5.12 Å². The first-order chi connectivity index (χ1) is 10.6. The van der Waals surface area contributed by atoms with Gasteiger partial charge in [0.25, 0.3) is 5.56 Å². The van der Waals surface area contributed by atoms with Crippen molar-refractivity contribution >= 4 is 7.75 Å². The van der Waals surface area contributed by atoms with E-state index in [2.05, 4.69) is 9.51 Å². The Hall–Kier alpha value is -1.37. The maximum Gasteiger partial charge on any atom is 0.400 e. The normalized spacial score (nSPS) is 27.3. The summed E-state index contributed by atoms with van der Waals surface area (Å²) in [6.45, 7) is 1.20. The van der Waals surface area contributed by atoms with Crippen LogP contribution in [0.3, 0.4) is 0 Å². The third-order valence-corrected chi connectivity index (χ3v) is 3.99. The number of nitrogens with one attached hydrogen (secondary N) is 1. The number of aromatic nitrogens is 2. The average Bonchev–Trinajstić information content (AvgIpc) is 2.84. The Bertz CT molecular complexity index is 725. The Morgan fingerprint density at radius 1 is 1.57 bits per heavy atom. The second-order valence-electron chi connectivity index (χ2n) is 5.22. The van der Waals surface area contributed by atoms with Crippen LogP contribution in [0, 0.1) is 6.92 Å². The molecule has 1 aliphatic rings. The van der Waals surface area contributed by atoms with Crippen molar-refractivity contribution in [1.82, 2.24) is 14.7 Å². The molecule has 0 amide bonds. The fraction of sp³-hybridized carbons (Fsp3) is 0.600. The highest BCUT2D eigenvalue weighted by molar-refractivity contribution is 7.50. The lowest BCUT2D eigenvalue weighted by Gasteiger charge is -2.23. The zero-order valence-electron chi connectivity index (χ0n) is 12.3. The molecule has 23 heavy (non-hydrogen) atoms. The maximum absolute atomic E-state index is 11.9. The second kappa shape index (κ2) is 6.63. The molecule has 0 bridgehead atoms. The van der Waals surface area contributed by atoms with Crippen molar-refractivity contribution in [3.05, 3.63) is 32.6 Å². The topological polar surface area (TPSA) is 192 Å². The fourth-order valence-electron chi connectivity index (χ4n) is 2.33. The fourth-order valence-corrected chi connectivity index (χ4v) is 2.69. The van der Waals surface area contributed by atoms with Crippen LogP contribution in [-0.4, -0.2) is 38.3 Å². The maximum atomic E-state index is 11.9. The lowest BCUT2D eigenvalue weighted by molar-refractivity contribution is -0.0358. The minimum atomic E-state index is -4.19. The summed E-state index contributed by atoms with van der Waals surface area (Å²) in [6, 6.07) is -0.592. The van der Waals surface area contributed by atoms with E-state index in [4.69, 9.17) is 26.8 Å². The molecule has 13 heteroatoms. The summed E-state index contributed by atoms with van der Waals surface area (Å²) in [4.78, 5) is 34.4. The van der Waals surface area contributed by atoms with Crippen molar-refractivity contribution in [1.29, 1.82) is 0 Å². The molecule has 0 saturated carbocycles. The van der Waals surface area contributed by atoms with Crippen LogP contribution in [0.25, 0.3) is 0 Å². The molecule has 12 nitrogen and oxygen atoms in total. The Morgan fingerprint density at radius 3 is 2.78 bits per heavy atom. The lowest BCUT2D eigenvalue weighted by Crippen LogP contribution is -2.51. The van der Waals surface area contributed by atoms with Crippen LogP contribution in [0.5, 0.6) is 0 Å². The molecule has 2 rings (SSSR count). The van der Waals surface area contributed by atoms with Gasteiger partial charge in [0.2, 0.25) is 0 Å². The monoisotopic (exact) mass is 350 g/mol. The van der Waals surface area contributed by atoms with E-state index in [9.17, 15) is 14.2 Å². The van der Waals surface area contributed by atoms with Gasteiger partial charge in [-0.1, -0.05) is 0 Å². The first-order valence-electron chi connectivity index (χ1n) is 6.60. The van der Waals surface area contributed by atoms with Gasteiger partial charge in [-0.15, -0.1) is 0 Å². The number of hydrogen-bond acceptors (Lipinski definition) is 8. The molecule has 1 saturated heterocycles. The summed E-state index contributed by atoms with van der Waals surface area (Å²) in [5.41, 5.74) is 4.08. The molecule has 0 aliphatic carbocycles. The first-order valence-corrected chi connectivity index (χ1v) is 8.25. The van der Waals surface area contributed by atoms with Gasteiger partial charge in [0.1, 0.15) is 12.3 Å². The van der Waals surface area contributed by atoms with Gasteiger partial charge in [-0.25, -0.2) is 14.9 Å². The van der Waals surface area contributed by atoms with Crippen molar-refractivity contribution in [2.24, 2.45) is 17.2 Å². The van der Waals surface area contributed by atoms with Crippen molar-refractivity contribution in [3.63, 3.8) is 0 Å². The summed E-state index contributed by atoms with van der Waals surface area (Å²) < 4.78 is 22.5. The summed E-state index contributed by atoms with van der Waals surface area (Å²) in [5, 5.41) is 0.871. The number of nitrogens with two attached hydrogens (primary N) is 3. The standard InChI is InChI=1S/C10H19N6O6P/c1-5-3-15(10(18)14-9(5)17)8-2-6(16(11)12)7(22-8)4-21-23(13,19)20/h3,6-8H,2,4,11-12H2,1H3,(H3,13,19,20)(H,14,17,18). The van der Waals surface area contributed by atoms with E-state index in [1.807, 2.05) is 0 Å². The molecular formula is C10H19N6O6P. The number of H-pyrrole nitrogens is 1. The lowest BCUT2D eigenvalue weighted by atomic mass is 10.1. The van der Waals surface area contributed by atoms with Gasteiger partial charge >= 0.3 is 13.4 Å². The van der Waals surface area contributed by atoms with E-state index in [0.29, 0.717) is 5.56 Å². The van der Waals surface area contributed by atoms with Gasteiger partial charge in [0.15, 0.2) is 0 Å². The van der Waals surface area contributed by atoms with E-state index >= 15 is 0 Å². The average molecular weight is 350 g/mol. The quantitative estimate of drug-likeness (QED) is 0.218. The molecule has 1 aromatic heterocycles. The zero-order chi connectivity index (χ0) is 17.4.